The molecule has 0 spiro atoms. The molecule has 180 valence electrons. The molecule has 0 radical (unpaired) electrons. The lowest BCUT2D eigenvalue weighted by Gasteiger charge is -2.10. The minimum atomic E-state index is 0.593. The van der Waals surface area contributed by atoms with Crippen LogP contribution in [0.5, 0.6) is 0 Å². The minimum absolute atomic E-state index is 0.593. The van der Waals surface area contributed by atoms with E-state index in [1.54, 1.807) is 12.4 Å². The standard InChI is InChI=1S/C31H26N6/c1-21-8-7-13-27(35-21)31-30(23-14-15-26-28(18-23)34-17-16-33-26)36-29(37-31)20-32-19-24-11-5-6-12-25(24)22-9-3-2-4-10-22/h2-18,32H,19-20H2,1H3,(H,36,37). The van der Waals surface area contributed by atoms with Gasteiger partial charge in [0.05, 0.1) is 34.7 Å². The summed E-state index contributed by atoms with van der Waals surface area (Å²) in [6.07, 6.45) is 3.42. The molecule has 0 aliphatic rings. The van der Waals surface area contributed by atoms with Gasteiger partial charge >= 0.3 is 0 Å². The minimum Gasteiger partial charge on any atom is -0.339 e. The van der Waals surface area contributed by atoms with Crippen LogP contribution in [0.15, 0.2) is 103 Å². The fourth-order valence-electron chi connectivity index (χ4n) is 4.58. The van der Waals surface area contributed by atoms with Crippen LogP contribution in [0.3, 0.4) is 0 Å². The lowest BCUT2D eigenvalue weighted by Crippen LogP contribution is -2.14. The molecule has 2 N–H and O–H groups in total. The second-order valence-corrected chi connectivity index (χ2v) is 8.96. The highest BCUT2D eigenvalue weighted by Gasteiger charge is 2.16. The Morgan fingerprint density at radius 2 is 1.51 bits per heavy atom. The molecule has 6 heteroatoms. The Bertz CT molecular complexity index is 1670. The largest absolute Gasteiger partial charge is 0.339 e. The van der Waals surface area contributed by atoms with E-state index in [-0.39, 0.29) is 0 Å². The van der Waals surface area contributed by atoms with Gasteiger partial charge in [0.25, 0.3) is 0 Å². The van der Waals surface area contributed by atoms with Gasteiger partial charge in [0.1, 0.15) is 5.82 Å². The van der Waals surface area contributed by atoms with Crippen molar-refractivity contribution in [2.75, 3.05) is 0 Å². The van der Waals surface area contributed by atoms with Crippen molar-refractivity contribution in [3.63, 3.8) is 0 Å². The first-order chi connectivity index (χ1) is 18.2. The molecule has 6 aromatic rings. The van der Waals surface area contributed by atoms with Gasteiger partial charge in [-0.05, 0) is 47.9 Å². The summed E-state index contributed by atoms with van der Waals surface area (Å²) in [5, 5.41) is 3.58. The lowest BCUT2D eigenvalue weighted by molar-refractivity contribution is 0.670. The summed E-state index contributed by atoms with van der Waals surface area (Å²) in [4.78, 5) is 22.2. The lowest BCUT2D eigenvalue weighted by atomic mass is 10.00. The third-order valence-electron chi connectivity index (χ3n) is 6.35. The fraction of sp³-hybridized carbons (Fsp3) is 0.0968. The van der Waals surface area contributed by atoms with Crippen LogP contribution < -0.4 is 5.32 Å². The molecule has 3 aromatic heterocycles. The van der Waals surface area contributed by atoms with Crippen LogP contribution in [0.1, 0.15) is 17.1 Å². The maximum absolute atomic E-state index is 5.00. The molecule has 0 saturated carbocycles. The second kappa shape index (κ2) is 10.1. The SMILES string of the molecule is Cc1cccc(-c2[nH]c(CNCc3ccccc3-c3ccccc3)nc2-c2ccc3nccnc3c2)n1. The quantitative estimate of drug-likeness (QED) is 0.277. The number of hydrogen-bond donors (Lipinski definition) is 2. The first-order valence-corrected chi connectivity index (χ1v) is 12.3. The summed E-state index contributed by atoms with van der Waals surface area (Å²) in [6.45, 7) is 3.32. The van der Waals surface area contributed by atoms with Gasteiger partial charge in [-0.25, -0.2) is 4.98 Å². The topological polar surface area (TPSA) is 79.4 Å². The van der Waals surface area contributed by atoms with Crippen molar-refractivity contribution < 1.29 is 0 Å². The summed E-state index contributed by atoms with van der Waals surface area (Å²) in [7, 11) is 0. The molecule has 3 aromatic carbocycles. The summed E-state index contributed by atoms with van der Waals surface area (Å²) < 4.78 is 0. The molecule has 0 aliphatic carbocycles. The molecule has 0 bridgehead atoms. The van der Waals surface area contributed by atoms with Crippen LogP contribution in [-0.4, -0.2) is 24.9 Å². The van der Waals surface area contributed by atoms with E-state index in [1.165, 1.54) is 16.7 Å². The predicted octanol–water partition coefficient (Wildman–Crippen LogP) is 6.35. The summed E-state index contributed by atoms with van der Waals surface area (Å²) >= 11 is 0. The number of aryl methyl sites for hydroxylation is 1. The molecule has 0 amide bonds. The van der Waals surface area contributed by atoms with Crippen molar-refractivity contribution in [3.05, 3.63) is 120 Å². The smallest absolute Gasteiger partial charge is 0.121 e. The van der Waals surface area contributed by atoms with E-state index in [1.807, 2.05) is 49.4 Å². The van der Waals surface area contributed by atoms with Crippen LogP contribution in [-0.2, 0) is 13.1 Å². The average molecular weight is 483 g/mol. The average Bonchev–Trinajstić information content (AvgIpc) is 3.38. The van der Waals surface area contributed by atoms with Crippen LogP contribution >= 0.6 is 0 Å². The van der Waals surface area contributed by atoms with Crippen LogP contribution in [0.2, 0.25) is 0 Å². The highest BCUT2D eigenvalue weighted by molar-refractivity contribution is 5.84. The van der Waals surface area contributed by atoms with Gasteiger partial charge in [0, 0.05) is 30.2 Å². The maximum Gasteiger partial charge on any atom is 0.121 e. The van der Waals surface area contributed by atoms with E-state index >= 15 is 0 Å². The van der Waals surface area contributed by atoms with Gasteiger partial charge in [0.2, 0.25) is 0 Å². The molecular weight excluding hydrogens is 456 g/mol. The number of nitrogens with zero attached hydrogens (tertiary/aromatic N) is 4. The molecule has 0 aliphatic heterocycles. The molecule has 0 saturated heterocycles. The van der Waals surface area contributed by atoms with Crippen molar-refractivity contribution in [2.24, 2.45) is 0 Å². The Hall–Kier alpha value is -4.68. The number of H-pyrrole nitrogens is 1. The molecule has 0 unspecified atom stereocenters. The monoisotopic (exact) mass is 482 g/mol. The van der Waals surface area contributed by atoms with E-state index in [2.05, 4.69) is 68.8 Å². The first kappa shape index (κ1) is 22.8. The van der Waals surface area contributed by atoms with Gasteiger partial charge in [0.15, 0.2) is 0 Å². The Morgan fingerprint density at radius 1 is 0.703 bits per heavy atom. The number of nitrogens with one attached hydrogen (secondary N) is 2. The van der Waals surface area contributed by atoms with Crippen LogP contribution in [0.25, 0.3) is 44.8 Å². The zero-order valence-corrected chi connectivity index (χ0v) is 20.5. The van der Waals surface area contributed by atoms with Crippen molar-refractivity contribution >= 4 is 11.0 Å². The fourth-order valence-corrected chi connectivity index (χ4v) is 4.58. The zero-order chi connectivity index (χ0) is 25.0. The number of benzene rings is 3. The van der Waals surface area contributed by atoms with E-state index in [9.17, 15) is 0 Å². The van der Waals surface area contributed by atoms with Crippen molar-refractivity contribution in [1.29, 1.82) is 0 Å². The van der Waals surface area contributed by atoms with Crippen molar-refractivity contribution in [2.45, 2.75) is 20.0 Å². The van der Waals surface area contributed by atoms with Gasteiger partial charge in [-0.15, -0.1) is 0 Å². The number of hydrogen-bond acceptors (Lipinski definition) is 5. The zero-order valence-electron chi connectivity index (χ0n) is 20.5. The Labute approximate surface area is 215 Å². The molecule has 6 nitrogen and oxygen atoms in total. The number of aromatic nitrogens is 5. The molecule has 6 rings (SSSR count). The molecule has 37 heavy (non-hydrogen) atoms. The molecule has 0 atom stereocenters. The van der Waals surface area contributed by atoms with E-state index in [0.29, 0.717) is 6.54 Å². The number of aromatic amines is 1. The van der Waals surface area contributed by atoms with E-state index < -0.39 is 0 Å². The maximum atomic E-state index is 5.00. The number of imidazole rings is 1. The summed E-state index contributed by atoms with van der Waals surface area (Å²) in [5.74, 6) is 0.852. The molecular formula is C31H26N6. The highest BCUT2D eigenvalue weighted by Crippen LogP contribution is 2.31. The van der Waals surface area contributed by atoms with Crippen molar-refractivity contribution in [3.8, 4) is 33.8 Å². The summed E-state index contributed by atoms with van der Waals surface area (Å²) in [5.41, 5.74) is 9.93. The molecule has 0 fully saturated rings. The Morgan fingerprint density at radius 3 is 2.38 bits per heavy atom. The number of fused-ring (bicyclic) bond motifs is 1. The Balaban J connectivity index is 1.30. The van der Waals surface area contributed by atoms with Gasteiger partial charge < -0.3 is 10.3 Å². The number of pyridine rings is 1. The summed E-state index contributed by atoms with van der Waals surface area (Å²) in [6, 6.07) is 31.1. The molecule has 3 heterocycles. The Kier molecular flexibility index (Phi) is 6.23. The van der Waals surface area contributed by atoms with Gasteiger partial charge in [-0.1, -0.05) is 66.7 Å². The van der Waals surface area contributed by atoms with Crippen molar-refractivity contribution in [1.82, 2.24) is 30.2 Å². The third kappa shape index (κ3) is 4.87. The number of rotatable bonds is 7. The van der Waals surface area contributed by atoms with E-state index in [4.69, 9.17) is 9.97 Å². The highest BCUT2D eigenvalue weighted by atomic mass is 15.0. The van der Waals surface area contributed by atoms with E-state index in [0.717, 1.165) is 51.7 Å². The van der Waals surface area contributed by atoms with Crippen LogP contribution in [0, 0.1) is 6.92 Å². The first-order valence-electron chi connectivity index (χ1n) is 12.3. The normalized spacial score (nSPS) is 11.2. The van der Waals surface area contributed by atoms with Crippen LogP contribution in [0.4, 0.5) is 0 Å². The predicted molar refractivity (Wildman–Crippen MR) is 148 cm³/mol. The van der Waals surface area contributed by atoms with Gasteiger partial charge in [-0.2, -0.15) is 0 Å². The second-order valence-electron chi connectivity index (χ2n) is 8.96. The third-order valence-corrected chi connectivity index (χ3v) is 6.35. The van der Waals surface area contributed by atoms with Gasteiger partial charge in [-0.3, -0.25) is 15.0 Å².